The van der Waals surface area contributed by atoms with Crippen LogP contribution in [0.2, 0.25) is 0 Å². The number of nitrogens with two attached hydrogens (primary N) is 1. The van der Waals surface area contributed by atoms with E-state index < -0.39 is 6.03 Å². The Bertz CT molecular complexity index is 725. The van der Waals surface area contributed by atoms with Crippen molar-refractivity contribution in [2.45, 2.75) is 6.42 Å². The molecular formula is C16H15N3O2. The van der Waals surface area contributed by atoms with Crippen molar-refractivity contribution in [3.63, 3.8) is 0 Å². The van der Waals surface area contributed by atoms with Crippen LogP contribution >= 0.6 is 0 Å². The second-order valence-corrected chi connectivity index (χ2v) is 4.72. The van der Waals surface area contributed by atoms with Crippen molar-refractivity contribution in [1.82, 2.24) is 0 Å². The number of urea groups is 1. The third kappa shape index (κ3) is 2.23. The second-order valence-electron chi connectivity index (χ2n) is 4.72. The molecule has 0 unspecified atom stereocenters. The minimum atomic E-state index is -0.520. The highest BCUT2D eigenvalue weighted by Gasteiger charge is 2.27. The van der Waals surface area contributed by atoms with E-state index in [0.29, 0.717) is 12.1 Å². The van der Waals surface area contributed by atoms with Gasteiger partial charge in [-0.15, -0.1) is 0 Å². The van der Waals surface area contributed by atoms with Crippen molar-refractivity contribution >= 4 is 23.1 Å². The van der Waals surface area contributed by atoms with Crippen LogP contribution in [0.5, 0.6) is 0 Å². The van der Waals surface area contributed by atoms with Gasteiger partial charge in [0.05, 0.1) is 17.1 Å². The maximum atomic E-state index is 12.0. The summed E-state index contributed by atoms with van der Waals surface area (Å²) < 4.78 is 0. The normalized spacial score (nSPS) is 15.1. The number of anilines is 2. The molecular weight excluding hydrogens is 266 g/mol. The predicted octanol–water partition coefficient (Wildman–Crippen LogP) is 2.81. The summed E-state index contributed by atoms with van der Waals surface area (Å²) in [5.41, 5.74) is 9.68. The highest BCUT2D eigenvalue weighted by molar-refractivity contribution is 6.13. The fraction of sp³-hybridized carbons (Fsp3) is 0.125. The minimum absolute atomic E-state index is 0.520. The van der Waals surface area contributed by atoms with Gasteiger partial charge in [-0.3, -0.25) is 4.90 Å². The van der Waals surface area contributed by atoms with E-state index in [0.717, 1.165) is 22.5 Å². The minimum Gasteiger partial charge on any atom is -0.399 e. The highest BCUT2D eigenvalue weighted by Crippen LogP contribution is 2.35. The first kappa shape index (κ1) is 13.2. The standard InChI is InChI=1S/C16H15N3O2/c1-21-18-13-10-11-6-2-4-8-14(11)19(16(17)20)15-9-5-3-7-12(13)15/h2-9H,10H2,1H3,(H2,17,20). The molecule has 2 N–H and O–H groups in total. The molecule has 5 heteroatoms. The Morgan fingerprint density at radius 3 is 2.52 bits per heavy atom. The zero-order valence-corrected chi connectivity index (χ0v) is 11.6. The summed E-state index contributed by atoms with van der Waals surface area (Å²) >= 11 is 0. The van der Waals surface area contributed by atoms with E-state index in [1.165, 1.54) is 12.0 Å². The van der Waals surface area contributed by atoms with Crippen LogP contribution in [0.25, 0.3) is 0 Å². The van der Waals surface area contributed by atoms with Crippen molar-refractivity contribution < 1.29 is 9.63 Å². The summed E-state index contributed by atoms with van der Waals surface area (Å²) in [5, 5.41) is 4.12. The lowest BCUT2D eigenvalue weighted by molar-refractivity contribution is 0.213. The van der Waals surface area contributed by atoms with Crippen molar-refractivity contribution in [3.05, 3.63) is 59.7 Å². The van der Waals surface area contributed by atoms with Gasteiger partial charge in [-0.25, -0.2) is 4.79 Å². The molecule has 0 saturated carbocycles. The lowest BCUT2D eigenvalue weighted by Crippen LogP contribution is -2.32. The van der Waals surface area contributed by atoms with Gasteiger partial charge in [0.1, 0.15) is 7.11 Å². The number of nitrogens with zero attached hydrogens (tertiary/aromatic N) is 2. The monoisotopic (exact) mass is 281 g/mol. The first-order valence-corrected chi connectivity index (χ1v) is 6.59. The Balaban J connectivity index is 2.31. The van der Waals surface area contributed by atoms with Crippen LogP contribution in [0, 0.1) is 0 Å². The lowest BCUT2D eigenvalue weighted by Gasteiger charge is -2.22. The van der Waals surface area contributed by atoms with E-state index in [1.807, 2.05) is 48.5 Å². The summed E-state index contributed by atoms with van der Waals surface area (Å²) in [6.07, 6.45) is 0.574. The molecule has 1 aliphatic heterocycles. The number of carbonyl (C=O) groups is 1. The maximum absolute atomic E-state index is 12.0. The SMILES string of the molecule is CON=C1Cc2ccccc2N(C(N)=O)c2ccccc21. The number of amides is 2. The number of hydrogen-bond donors (Lipinski definition) is 1. The van der Waals surface area contributed by atoms with E-state index in [2.05, 4.69) is 5.16 Å². The van der Waals surface area contributed by atoms with Gasteiger partial charge in [0.15, 0.2) is 0 Å². The van der Waals surface area contributed by atoms with Gasteiger partial charge in [0.25, 0.3) is 0 Å². The van der Waals surface area contributed by atoms with E-state index >= 15 is 0 Å². The maximum Gasteiger partial charge on any atom is 0.323 e. The topological polar surface area (TPSA) is 67.9 Å². The van der Waals surface area contributed by atoms with Crippen molar-refractivity contribution in [2.24, 2.45) is 10.9 Å². The molecule has 2 amide bonds. The lowest BCUT2D eigenvalue weighted by atomic mass is 10.0. The zero-order chi connectivity index (χ0) is 14.8. The highest BCUT2D eigenvalue weighted by atomic mass is 16.6. The number of benzene rings is 2. The van der Waals surface area contributed by atoms with E-state index in [9.17, 15) is 4.79 Å². The fourth-order valence-corrected chi connectivity index (χ4v) is 2.63. The Morgan fingerprint density at radius 1 is 1.14 bits per heavy atom. The van der Waals surface area contributed by atoms with Crippen LogP contribution in [0.15, 0.2) is 53.7 Å². The smallest absolute Gasteiger partial charge is 0.323 e. The molecule has 0 radical (unpaired) electrons. The number of primary amides is 1. The number of oxime groups is 1. The quantitative estimate of drug-likeness (QED) is 0.817. The molecule has 2 aromatic carbocycles. The Hall–Kier alpha value is -2.82. The average Bonchev–Trinajstić information content (AvgIpc) is 2.62. The molecule has 0 fully saturated rings. The fourth-order valence-electron chi connectivity index (χ4n) is 2.63. The number of rotatable bonds is 1. The van der Waals surface area contributed by atoms with Crippen LogP contribution in [0.4, 0.5) is 16.2 Å². The van der Waals surface area contributed by atoms with Gasteiger partial charge < -0.3 is 10.6 Å². The molecule has 5 nitrogen and oxygen atoms in total. The van der Waals surface area contributed by atoms with Gasteiger partial charge in [-0.1, -0.05) is 41.6 Å². The number of carbonyl (C=O) groups excluding carboxylic acids is 1. The number of para-hydroxylation sites is 2. The third-order valence-electron chi connectivity index (χ3n) is 3.47. The van der Waals surface area contributed by atoms with E-state index in [4.69, 9.17) is 10.6 Å². The van der Waals surface area contributed by atoms with Crippen LogP contribution in [0.1, 0.15) is 11.1 Å². The van der Waals surface area contributed by atoms with Crippen LogP contribution < -0.4 is 10.6 Å². The van der Waals surface area contributed by atoms with Gasteiger partial charge in [0, 0.05) is 12.0 Å². The van der Waals surface area contributed by atoms with Crippen LogP contribution in [-0.2, 0) is 11.3 Å². The second kappa shape index (κ2) is 5.28. The third-order valence-corrected chi connectivity index (χ3v) is 3.47. The number of hydrogen-bond acceptors (Lipinski definition) is 3. The molecule has 0 aliphatic carbocycles. The van der Waals surface area contributed by atoms with Crippen molar-refractivity contribution in [1.29, 1.82) is 0 Å². The zero-order valence-electron chi connectivity index (χ0n) is 11.6. The summed E-state index contributed by atoms with van der Waals surface area (Å²) in [5.74, 6) is 0. The van der Waals surface area contributed by atoms with E-state index in [-0.39, 0.29) is 0 Å². The molecule has 1 heterocycles. The van der Waals surface area contributed by atoms with Gasteiger partial charge >= 0.3 is 6.03 Å². The van der Waals surface area contributed by atoms with E-state index in [1.54, 1.807) is 0 Å². The molecule has 21 heavy (non-hydrogen) atoms. The molecule has 0 bridgehead atoms. The van der Waals surface area contributed by atoms with Crippen LogP contribution in [-0.4, -0.2) is 18.9 Å². The Morgan fingerprint density at radius 2 is 1.81 bits per heavy atom. The number of fused-ring (bicyclic) bond motifs is 2. The largest absolute Gasteiger partial charge is 0.399 e. The molecule has 1 aliphatic rings. The van der Waals surface area contributed by atoms with Gasteiger partial charge in [-0.05, 0) is 17.7 Å². The van der Waals surface area contributed by atoms with Gasteiger partial charge in [-0.2, -0.15) is 0 Å². The molecule has 0 saturated heterocycles. The predicted molar refractivity (Wildman–Crippen MR) is 81.9 cm³/mol. The molecule has 0 spiro atoms. The molecule has 2 aromatic rings. The Labute approximate surface area is 122 Å². The summed E-state index contributed by atoms with van der Waals surface area (Å²) in [4.78, 5) is 18.4. The molecule has 106 valence electrons. The average molecular weight is 281 g/mol. The van der Waals surface area contributed by atoms with Crippen molar-refractivity contribution in [3.8, 4) is 0 Å². The molecule has 0 aromatic heterocycles. The summed E-state index contributed by atoms with van der Waals surface area (Å²) in [6.45, 7) is 0. The molecule has 3 rings (SSSR count). The van der Waals surface area contributed by atoms with Gasteiger partial charge in [0.2, 0.25) is 0 Å². The van der Waals surface area contributed by atoms with Crippen LogP contribution in [0.3, 0.4) is 0 Å². The molecule has 0 atom stereocenters. The first-order chi connectivity index (χ1) is 10.2. The van der Waals surface area contributed by atoms with Crippen molar-refractivity contribution in [2.75, 3.05) is 12.0 Å². The summed E-state index contributed by atoms with van der Waals surface area (Å²) in [7, 11) is 1.51. The summed E-state index contributed by atoms with van der Waals surface area (Å²) in [6, 6.07) is 14.7. The Kier molecular flexibility index (Phi) is 3.31. The first-order valence-electron chi connectivity index (χ1n) is 6.59.